The minimum Gasteiger partial charge on any atom is -0.0844 e. The molecule has 1 rings (SSSR count). The van der Waals surface area contributed by atoms with Crippen LogP contribution in [0.4, 0.5) is 0 Å². The molecule has 0 spiro atoms. The first-order valence-corrected chi connectivity index (χ1v) is 9.08. The highest BCUT2D eigenvalue weighted by Gasteiger charge is 2.46. The van der Waals surface area contributed by atoms with Gasteiger partial charge >= 0.3 is 0 Å². The van der Waals surface area contributed by atoms with Crippen molar-refractivity contribution >= 4 is 8.07 Å². The topological polar surface area (TPSA) is 0 Å². The first-order valence-electron chi connectivity index (χ1n) is 6.77. The van der Waals surface area contributed by atoms with E-state index in [9.17, 15) is 0 Å². The van der Waals surface area contributed by atoms with Gasteiger partial charge < -0.3 is 0 Å². The first kappa shape index (κ1) is 13.8. The molecule has 0 aromatic rings. The van der Waals surface area contributed by atoms with Gasteiger partial charge in [-0.25, -0.2) is 0 Å². The fourth-order valence-corrected chi connectivity index (χ4v) is 11.3. The lowest BCUT2D eigenvalue weighted by atomic mass is 10.2. The number of hydrogen-bond acceptors (Lipinski definition) is 0. The molecule has 16 heavy (non-hydrogen) atoms. The molecule has 0 amide bonds. The molecule has 0 unspecified atom stereocenters. The molecule has 0 nitrogen and oxygen atoms in total. The molecule has 0 atom stereocenters. The molecule has 1 heteroatoms. The van der Waals surface area contributed by atoms with E-state index >= 15 is 0 Å². The van der Waals surface area contributed by atoms with Crippen LogP contribution in [0.25, 0.3) is 0 Å². The number of hydrogen-bond donors (Lipinski definition) is 0. The highest BCUT2D eigenvalue weighted by Crippen LogP contribution is 2.50. The van der Waals surface area contributed by atoms with E-state index in [-0.39, 0.29) is 0 Å². The summed E-state index contributed by atoms with van der Waals surface area (Å²) in [5.74, 6) is 0. The molecule has 0 aromatic carbocycles. The van der Waals surface area contributed by atoms with Crippen molar-refractivity contribution < 1.29 is 0 Å². The molecule has 0 N–H and O–H groups in total. The van der Waals surface area contributed by atoms with E-state index in [1.807, 2.05) is 0 Å². The molecule has 0 bridgehead atoms. The van der Waals surface area contributed by atoms with Gasteiger partial charge in [0.05, 0.1) is 8.07 Å². The lowest BCUT2D eigenvalue weighted by Crippen LogP contribution is -2.48. The maximum Gasteiger partial charge on any atom is 0.0724 e. The van der Waals surface area contributed by atoms with Crippen LogP contribution in [0, 0.1) is 0 Å². The van der Waals surface area contributed by atoms with Crippen LogP contribution in [0.1, 0.15) is 48.0 Å². The Hall–Kier alpha value is -0.303. The maximum atomic E-state index is 2.49. The van der Waals surface area contributed by atoms with E-state index in [2.05, 4.69) is 65.8 Å². The summed E-state index contributed by atoms with van der Waals surface area (Å²) in [5, 5.41) is 0. The minimum atomic E-state index is -1.30. The van der Waals surface area contributed by atoms with Gasteiger partial charge in [-0.15, -0.1) is 0 Å². The van der Waals surface area contributed by atoms with Crippen molar-refractivity contribution in [3.8, 4) is 0 Å². The van der Waals surface area contributed by atoms with Crippen LogP contribution in [0.5, 0.6) is 0 Å². The molecule has 92 valence electrons. The third-order valence-corrected chi connectivity index (χ3v) is 12.1. The Bertz CT molecular complexity index is 237. The zero-order valence-corrected chi connectivity index (χ0v) is 12.8. The van der Waals surface area contributed by atoms with Crippen molar-refractivity contribution in [2.45, 2.75) is 70.1 Å². The van der Waals surface area contributed by atoms with Crippen LogP contribution < -0.4 is 0 Å². The summed E-state index contributed by atoms with van der Waals surface area (Å²) in [5.41, 5.74) is 3.31. The SMILES string of the molecule is CC(C)[Si](C(C)C)(C(C)C)C1C=CCC=C1. The van der Waals surface area contributed by atoms with Crippen LogP contribution >= 0.6 is 0 Å². The van der Waals surface area contributed by atoms with Gasteiger partial charge in [0.1, 0.15) is 0 Å². The quantitative estimate of drug-likeness (QED) is 0.443. The largest absolute Gasteiger partial charge is 0.0844 e. The normalized spacial score (nSPS) is 18.1. The Kier molecular flexibility index (Phi) is 4.60. The predicted octanol–water partition coefficient (Wildman–Crippen LogP) is 5.55. The van der Waals surface area contributed by atoms with Gasteiger partial charge in [-0.2, -0.15) is 0 Å². The molecule has 0 radical (unpaired) electrons. The predicted molar refractivity (Wildman–Crippen MR) is 77.7 cm³/mol. The van der Waals surface area contributed by atoms with Crippen LogP contribution in [0.3, 0.4) is 0 Å². The van der Waals surface area contributed by atoms with Crippen molar-refractivity contribution in [3.05, 3.63) is 24.3 Å². The summed E-state index contributed by atoms with van der Waals surface area (Å²) in [6, 6.07) is 0. The third-order valence-electron chi connectivity index (χ3n) is 4.54. The molecule has 0 fully saturated rings. The molecular weight excluding hydrogens is 208 g/mol. The Morgan fingerprint density at radius 2 is 1.19 bits per heavy atom. The summed E-state index contributed by atoms with van der Waals surface area (Å²) < 4.78 is 0. The van der Waals surface area contributed by atoms with Gasteiger partial charge in [0.25, 0.3) is 0 Å². The van der Waals surface area contributed by atoms with E-state index in [0.717, 1.165) is 28.6 Å². The molecule has 0 aromatic heterocycles. The number of allylic oxidation sites excluding steroid dienone is 4. The standard InChI is InChI=1S/C15H28Si/c1-12(2)16(13(3)4,14(5)6)15-10-8-7-9-11-15/h8-15H,7H2,1-6H3. The second-order valence-electron chi connectivity index (χ2n) is 6.08. The summed E-state index contributed by atoms with van der Waals surface area (Å²) in [6.45, 7) is 14.7. The molecular formula is C15H28Si. The highest BCUT2D eigenvalue weighted by molar-refractivity contribution is 6.85. The second-order valence-corrected chi connectivity index (χ2v) is 12.2. The zero-order chi connectivity index (χ0) is 12.3. The van der Waals surface area contributed by atoms with E-state index in [4.69, 9.17) is 0 Å². The molecule has 0 aliphatic heterocycles. The highest BCUT2D eigenvalue weighted by atomic mass is 28.3. The van der Waals surface area contributed by atoms with E-state index < -0.39 is 8.07 Å². The molecule has 0 saturated carbocycles. The van der Waals surface area contributed by atoms with Gasteiger partial charge in [-0.1, -0.05) is 65.8 Å². The van der Waals surface area contributed by atoms with Crippen molar-refractivity contribution in [2.24, 2.45) is 0 Å². The van der Waals surface area contributed by atoms with Crippen molar-refractivity contribution in [3.63, 3.8) is 0 Å². The lowest BCUT2D eigenvalue weighted by Gasteiger charge is -2.47. The van der Waals surface area contributed by atoms with Gasteiger partial charge in [0.2, 0.25) is 0 Å². The zero-order valence-electron chi connectivity index (χ0n) is 11.8. The van der Waals surface area contributed by atoms with Crippen molar-refractivity contribution in [1.82, 2.24) is 0 Å². The Labute approximate surface area is 103 Å². The van der Waals surface area contributed by atoms with Crippen LogP contribution in [-0.2, 0) is 0 Å². The minimum absolute atomic E-state index is 0.751. The third kappa shape index (κ3) is 2.20. The van der Waals surface area contributed by atoms with Gasteiger partial charge in [-0.3, -0.25) is 0 Å². The summed E-state index contributed by atoms with van der Waals surface area (Å²) in [7, 11) is -1.30. The van der Waals surface area contributed by atoms with Gasteiger partial charge in [0, 0.05) is 0 Å². The average molecular weight is 236 g/mol. The summed E-state index contributed by atoms with van der Waals surface area (Å²) in [6.07, 6.45) is 10.8. The monoisotopic (exact) mass is 236 g/mol. The van der Waals surface area contributed by atoms with Crippen molar-refractivity contribution in [2.75, 3.05) is 0 Å². The summed E-state index contributed by atoms with van der Waals surface area (Å²) in [4.78, 5) is 0. The maximum absolute atomic E-state index is 2.49. The molecule has 0 heterocycles. The van der Waals surface area contributed by atoms with Crippen molar-refractivity contribution in [1.29, 1.82) is 0 Å². The lowest BCUT2D eigenvalue weighted by molar-refractivity contribution is 0.787. The van der Waals surface area contributed by atoms with Crippen LogP contribution in [-0.4, -0.2) is 8.07 Å². The van der Waals surface area contributed by atoms with Crippen LogP contribution in [0.2, 0.25) is 22.2 Å². The van der Waals surface area contributed by atoms with E-state index in [1.54, 1.807) is 0 Å². The average Bonchev–Trinajstić information content (AvgIpc) is 2.18. The molecule has 0 saturated heterocycles. The number of rotatable bonds is 4. The molecule has 1 aliphatic carbocycles. The smallest absolute Gasteiger partial charge is 0.0724 e. The summed E-state index contributed by atoms with van der Waals surface area (Å²) >= 11 is 0. The van der Waals surface area contributed by atoms with Crippen LogP contribution in [0.15, 0.2) is 24.3 Å². The second kappa shape index (κ2) is 5.35. The Morgan fingerprint density at radius 1 is 0.812 bits per heavy atom. The van der Waals surface area contributed by atoms with Gasteiger partial charge in [0.15, 0.2) is 0 Å². The Balaban J connectivity index is 3.15. The van der Waals surface area contributed by atoms with E-state index in [1.165, 1.54) is 0 Å². The Morgan fingerprint density at radius 3 is 1.50 bits per heavy atom. The molecule has 1 aliphatic rings. The first-order chi connectivity index (χ1) is 7.44. The van der Waals surface area contributed by atoms with E-state index in [0.29, 0.717) is 0 Å². The fourth-order valence-electron chi connectivity index (χ4n) is 4.08. The van der Waals surface area contributed by atoms with Gasteiger partial charge in [-0.05, 0) is 28.6 Å². The fraction of sp³-hybridized carbons (Fsp3) is 0.733.